The van der Waals surface area contributed by atoms with Crippen molar-refractivity contribution in [3.05, 3.63) is 23.8 Å². The van der Waals surface area contributed by atoms with E-state index in [9.17, 15) is 13.2 Å². The Kier molecular flexibility index (Phi) is 5.05. The van der Waals surface area contributed by atoms with Gasteiger partial charge in [0.1, 0.15) is 5.75 Å². The summed E-state index contributed by atoms with van der Waals surface area (Å²) in [6.45, 7) is 1.07. The maximum absolute atomic E-state index is 12.8. The van der Waals surface area contributed by atoms with E-state index < -0.39 is 15.9 Å². The molecule has 0 aromatic heterocycles. The third-order valence-corrected chi connectivity index (χ3v) is 5.75. The first-order valence-corrected chi connectivity index (χ1v) is 8.50. The monoisotopic (exact) mass is 327 g/mol. The molecule has 1 aliphatic heterocycles. The first-order valence-electron chi connectivity index (χ1n) is 7.06. The highest BCUT2D eigenvalue weighted by Gasteiger charge is 2.35. The number of rotatable bonds is 6. The Morgan fingerprint density at radius 1 is 1.50 bits per heavy atom. The minimum absolute atomic E-state index is 0.0603. The number of benzene rings is 1. The van der Waals surface area contributed by atoms with Gasteiger partial charge in [-0.3, -0.25) is 4.79 Å². The van der Waals surface area contributed by atoms with Gasteiger partial charge in [0, 0.05) is 19.1 Å². The van der Waals surface area contributed by atoms with Crippen LogP contribution in [-0.4, -0.2) is 51.9 Å². The Morgan fingerprint density at radius 2 is 2.23 bits per heavy atom. The van der Waals surface area contributed by atoms with Crippen molar-refractivity contribution in [3.63, 3.8) is 0 Å². The van der Waals surface area contributed by atoms with Crippen molar-refractivity contribution < 1.29 is 17.9 Å². The van der Waals surface area contributed by atoms with Crippen LogP contribution in [0.4, 0.5) is 0 Å². The molecular formula is C14H21N3O4S. The van der Waals surface area contributed by atoms with Gasteiger partial charge in [-0.25, -0.2) is 8.42 Å². The molecule has 3 N–H and O–H groups in total. The standard InChI is InChI=1S/C14H21N3O4S/c1-16-9-10-4-3-7-17(10)22(19,20)11-5-6-13(21-2)12(8-11)14(15)18/h5-6,8,10,16H,3-4,7,9H2,1-2H3,(H2,15,18). The van der Waals surface area contributed by atoms with Crippen molar-refractivity contribution in [3.8, 4) is 5.75 Å². The summed E-state index contributed by atoms with van der Waals surface area (Å²) in [6, 6.07) is 4.10. The van der Waals surface area contributed by atoms with Crippen molar-refractivity contribution >= 4 is 15.9 Å². The predicted octanol–water partition coefficient (Wildman–Crippen LogP) is 0.167. The van der Waals surface area contributed by atoms with E-state index in [1.54, 1.807) is 7.05 Å². The molecule has 0 bridgehead atoms. The second-order valence-corrected chi connectivity index (χ2v) is 7.09. The highest BCUT2D eigenvalue weighted by atomic mass is 32.2. The Bertz CT molecular complexity index is 660. The highest BCUT2D eigenvalue weighted by Crippen LogP contribution is 2.28. The van der Waals surface area contributed by atoms with E-state index >= 15 is 0 Å². The van der Waals surface area contributed by atoms with E-state index in [4.69, 9.17) is 10.5 Å². The molecule has 0 aliphatic carbocycles. The number of amides is 1. The van der Waals surface area contributed by atoms with Crippen LogP contribution in [-0.2, 0) is 10.0 Å². The summed E-state index contributed by atoms with van der Waals surface area (Å²) in [5.41, 5.74) is 5.36. The fraction of sp³-hybridized carbons (Fsp3) is 0.500. The zero-order valence-electron chi connectivity index (χ0n) is 12.7. The lowest BCUT2D eigenvalue weighted by molar-refractivity contribution is 0.0997. The van der Waals surface area contributed by atoms with Gasteiger partial charge >= 0.3 is 0 Å². The van der Waals surface area contributed by atoms with E-state index in [2.05, 4.69) is 5.32 Å². The van der Waals surface area contributed by atoms with Crippen LogP contribution >= 0.6 is 0 Å². The third-order valence-electron chi connectivity index (χ3n) is 3.81. The minimum atomic E-state index is -3.66. The SMILES string of the molecule is CNCC1CCCN1S(=O)(=O)c1ccc(OC)c(C(N)=O)c1. The number of likely N-dealkylation sites (N-methyl/N-ethyl adjacent to an activating group) is 1. The maximum atomic E-state index is 12.8. The van der Waals surface area contributed by atoms with Crippen LogP contribution < -0.4 is 15.8 Å². The molecule has 8 heteroatoms. The minimum Gasteiger partial charge on any atom is -0.496 e. The number of nitrogens with one attached hydrogen (secondary N) is 1. The number of carbonyl (C=O) groups is 1. The lowest BCUT2D eigenvalue weighted by atomic mass is 10.2. The molecule has 0 spiro atoms. The largest absolute Gasteiger partial charge is 0.496 e. The van der Waals surface area contributed by atoms with Crippen LogP contribution in [0.2, 0.25) is 0 Å². The van der Waals surface area contributed by atoms with Crippen LogP contribution in [0.3, 0.4) is 0 Å². The molecule has 0 saturated carbocycles. The van der Waals surface area contributed by atoms with Gasteiger partial charge in [0.25, 0.3) is 5.91 Å². The number of primary amides is 1. The summed E-state index contributed by atoms with van der Waals surface area (Å²) < 4.78 is 32.1. The molecule has 1 aromatic rings. The number of carbonyl (C=O) groups excluding carboxylic acids is 1. The predicted molar refractivity (Wildman–Crippen MR) is 82.4 cm³/mol. The Balaban J connectivity index is 2.41. The van der Waals surface area contributed by atoms with Crippen LogP contribution in [0.1, 0.15) is 23.2 Å². The molecular weight excluding hydrogens is 306 g/mol. The number of nitrogens with zero attached hydrogens (tertiary/aromatic N) is 1. The van der Waals surface area contributed by atoms with Gasteiger partial charge in [-0.15, -0.1) is 0 Å². The number of sulfonamides is 1. The number of methoxy groups -OCH3 is 1. The average molecular weight is 327 g/mol. The Labute approximate surface area is 130 Å². The molecule has 7 nitrogen and oxygen atoms in total. The van der Waals surface area contributed by atoms with Crippen LogP contribution in [0.25, 0.3) is 0 Å². The molecule has 1 amide bonds. The van der Waals surface area contributed by atoms with E-state index in [1.807, 2.05) is 0 Å². The van der Waals surface area contributed by atoms with Crippen molar-refractivity contribution in [1.29, 1.82) is 0 Å². The summed E-state index contributed by atoms with van der Waals surface area (Å²) in [6.07, 6.45) is 1.64. The smallest absolute Gasteiger partial charge is 0.252 e. The second kappa shape index (κ2) is 6.64. The van der Waals surface area contributed by atoms with Crippen molar-refractivity contribution in [2.45, 2.75) is 23.8 Å². The lowest BCUT2D eigenvalue weighted by Crippen LogP contribution is -2.40. The molecule has 1 aromatic carbocycles. The summed E-state index contributed by atoms with van der Waals surface area (Å²) >= 11 is 0. The first-order chi connectivity index (χ1) is 10.4. The highest BCUT2D eigenvalue weighted by molar-refractivity contribution is 7.89. The molecule has 122 valence electrons. The van der Waals surface area contributed by atoms with Gasteiger partial charge in [0.2, 0.25) is 10.0 Å². The van der Waals surface area contributed by atoms with E-state index in [1.165, 1.54) is 29.6 Å². The van der Waals surface area contributed by atoms with Crippen molar-refractivity contribution in [2.75, 3.05) is 27.2 Å². The topological polar surface area (TPSA) is 102 Å². The van der Waals surface area contributed by atoms with E-state index in [-0.39, 0.29) is 22.3 Å². The van der Waals surface area contributed by atoms with Gasteiger partial charge in [0.05, 0.1) is 17.6 Å². The van der Waals surface area contributed by atoms with Gasteiger partial charge in [-0.1, -0.05) is 0 Å². The third kappa shape index (κ3) is 3.08. The summed E-state index contributed by atoms with van der Waals surface area (Å²) in [7, 11) is -0.466. The molecule has 1 fully saturated rings. The molecule has 1 aliphatic rings. The Hall–Kier alpha value is -1.64. The van der Waals surface area contributed by atoms with E-state index in [0.717, 1.165) is 12.8 Å². The van der Waals surface area contributed by atoms with Crippen molar-refractivity contribution in [1.82, 2.24) is 9.62 Å². The van der Waals surface area contributed by atoms with Gasteiger partial charge in [-0.05, 0) is 38.1 Å². The molecule has 1 heterocycles. The van der Waals surface area contributed by atoms with Crippen LogP contribution in [0.15, 0.2) is 23.1 Å². The van der Waals surface area contributed by atoms with Gasteiger partial charge in [-0.2, -0.15) is 4.31 Å². The lowest BCUT2D eigenvalue weighted by Gasteiger charge is -2.24. The molecule has 1 atom stereocenters. The first kappa shape index (κ1) is 16.7. The zero-order chi connectivity index (χ0) is 16.3. The number of ether oxygens (including phenoxy) is 1. The molecule has 0 radical (unpaired) electrons. The summed E-state index contributed by atoms with van der Waals surface area (Å²) in [5, 5.41) is 3.01. The normalized spacial score (nSPS) is 19.3. The summed E-state index contributed by atoms with van der Waals surface area (Å²) in [5.74, 6) is -0.457. The maximum Gasteiger partial charge on any atom is 0.252 e. The fourth-order valence-corrected chi connectivity index (χ4v) is 4.46. The fourth-order valence-electron chi connectivity index (χ4n) is 2.74. The van der Waals surface area contributed by atoms with Crippen LogP contribution in [0, 0.1) is 0 Å². The van der Waals surface area contributed by atoms with E-state index in [0.29, 0.717) is 13.1 Å². The molecule has 22 heavy (non-hydrogen) atoms. The molecule has 1 unspecified atom stereocenters. The van der Waals surface area contributed by atoms with Gasteiger partial charge < -0.3 is 15.8 Å². The molecule has 1 saturated heterocycles. The summed E-state index contributed by atoms with van der Waals surface area (Å²) in [4.78, 5) is 11.5. The number of hydrogen-bond donors (Lipinski definition) is 2. The average Bonchev–Trinajstić information content (AvgIpc) is 2.96. The van der Waals surface area contributed by atoms with Gasteiger partial charge in [0.15, 0.2) is 0 Å². The van der Waals surface area contributed by atoms with Crippen LogP contribution in [0.5, 0.6) is 5.75 Å². The molecule has 2 rings (SSSR count). The number of nitrogens with two attached hydrogens (primary N) is 1. The zero-order valence-corrected chi connectivity index (χ0v) is 13.5. The second-order valence-electron chi connectivity index (χ2n) is 5.20. The quantitative estimate of drug-likeness (QED) is 0.775. The number of hydrogen-bond acceptors (Lipinski definition) is 5. The van der Waals surface area contributed by atoms with Crippen molar-refractivity contribution in [2.24, 2.45) is 5.73 Å². The Morgan fingerprint density at radius 3 is 2.82 bits per heavy atom.